The first-order chi connectivity index (χ1) is 15.0. The summed E-state index contributed by atoms with van der Waals surface area (Å²) in [7, 11) is -1.28. The van der Waals surface area contributed by atoms with Crippen LogP contribution in [0.15, 0.2) is 36.7 Å². The van der Waals surface area contributed by atoms with Gasteiger partial charge in [-0.15, -0.1) is 0 Å². The molecule has 32 heavy (non-hydrogen) atoms. The highest BCUT2D eigenvalue weighted by Gasteiger charge is 2.48. The molecule has 170 valence electrons. The Morgan fingerprint density at radius 1 is 1.25 bits per heavy atom. The first kappa shape index (κ1) is 22.1. The first-order valence-electron chi connectivity index (χ1n) is 10.1. The lowest BCUT2D eigenvalue weighted by Crippen LogP contribution is -2.66. The van der Waals surface area contributed by atoms with Crippen molar-refractivity contribution < 1.29 is 13.3 Å². The predicted octanol–water partition coefficient (Wildman–Crippen LogP) is 3.14. The number of fused-ring (bicyclic) bond motifs is 1. The molecule has 0 unspecified atom stereocenters. The number of benzene rings is 1. The first-order valence-corrected chi connectivity index (χ1v) is 12.5. The minimum absolute atomic E-state index is 0.152. The smallest absolute Gasteiger partial charge is 0.234 e. The number of ether oxygens (including phenoxy) is 1. The van der Waals surface area contributed by atoms with E-state index >= 15 is 0 Å². The highest BCUT2D eigenvalue weighted by atomic mass is 32.2. The average molecular weight is 459 g/mol. The normalized spacial score (nSPS) is 22.8. The fraction of sp³-hybridized carbons (Fsp3) is 0.364. The number of anilines is 2. The zero-order valence-electron chi connectivity index (χ0n) is 18.7. The summed E-state index contributed by atoms with van der Waals surface area (Å²) in [5.74, 6) is 0.317. The Balaban J connectivity index is 1.72. The predicted molar refractivity (Wildman–Crippen MR) is 126 cm³/mol. The van der Waals surface area contributed by atoms with E-state index in [-0.39, 0.29) is 11.6 Å². The van der Waals surface area contributed by atoms with Crippen molar-refractivity contribution in [1.82, 2.24) is 20.3 Å². The molecule has 1 atom stereocenters. The summed E-state index contributed by atoms with van der Waals surface area (Å²) >= 11 is 0. The molecule has 1 aliphatic rings. The van der Waals surface area contributed by atoms with E-state index in [4.69, 9.17) is 10.1 Å². The number of nitrogens with zero attached hydrogens (tertiary/aromatic N) is 3. The Bertz CT molecular complexity index is 1280. The molecule has 1 aliphatic heterocycles. The van der Waals surface area contributed by atoms with Gasteiger partial charge in [0.2, 0.25) is 5.88 Å². The van der Waals surface area contributed by atoms with Crippen LogP contribution in [-0.4, -0.2) is 48.9 Å². The highest BCUT2D eigenvalue weighted by Crippen LogP contribution is 2.39. The van der Waals surface area contributed by atoms with Crippen LogP contribution in [-0.2, 0) is 15.5 Å². The lowest BCUT2D eigenvalue weighted by atomic mass is 9.91. The van der Waals surface area contributed by atoms with Gasteiger partial charge >= 0.3 is 0 Å². The van der Waals surface area contributed by atoms with Crippen LogP contribution in [0.3, 0.4) is 0 Å². The number of hydrogen-bond donors (Lipinski definition) is 4. The molecule has 0 amide bonds. The number of methoxy groups -OCH3 is 1. The molecule has 0 aliphatic carbocycles. The number of aromatic nitrogens is 3. The third kappa shape index (κ3) is 3.58. The Labute approximate surface area is 187 Å². The molecular weight excluding hydrogens is 431 g/mol. The largest absolute Gasteiger partial charge is 0.480 e. The number of pyridine rings is 1. The summed E-state index contributed by atoms with van der Waals surface area (Å²) in [6, 6.07) is 6.42. The molecule has 0 saturated carbocycles. The van der Waals surface area contributed by atoms with Crippen molar-refractivity contribution in [2.45, 2.75) is 31.1 Å². The summed E-state index contributed by atoms with van der Waals surface area (Å²) in [6.07, 6.45) is 4.80. The molecule has 0 radical (unpaired) electrons. The van der Waals surface area contributed by atoms with Crippen LogP contribution >= 0.6 is 0 Å². The number of hydrogen-bond acceptors (Lipinski definition) is 7. The van der Waals surface area contributed by atoms with E-state index in [0.717, 1.165) is 0 Å². The summed E-state index contributed by atoms with van der Waals surface area (Å²) in [5, 5.41) is 14.8. The standard InChI is InChI=1S/C22H27FN6O2S/c1-21(2)20(24)29-22(3,12-32(21,5)30)14-10-13(6-7-15(14)23)27-16-8-9-25-19-18(16)26-11-17(28-19)31-4/h6-11,32H,12H2,1-5H3,(H2,24,29)(H,25,27,28)/t22-/m0/s1. The second kappa shape index (κ2) is 7.47. The van der Waals surface area contributed by atoms with Crippen LogP contribution in [0.5, 0.6) is 5.88 Å². The fourth-order valence-electron chi connectivity index (χ4n) is 3.94. The van der Waals surface area contributed by atoms with Gasteiger partial charge in [0.25, 0.3) is 0 Å². The second-order valence-corrected chi connectivity index (χ2v) is 12.5. The van der Waals surface area contributed by atoms with Crippen molar-refractivity contribution in [2.75, 3.05) is 24.4 Å². The van der Waals surface area contributed by atoms with Crippen molar-refractivity contribution >= 4 is 38.3 Å². The maximum atomic E-state index is 15.0. The molecular formula is C22H27FN6O2S. The number of thiol groups is 1. The maximum absolute atomic E-state index is 15.0. The van der Waals surface area contributed by atoms with Crippen LogP contribution in [0.2, 0.25) is 0 Å². The highest BCUT2D eigenvalue weighted by molar-refractivity contribution is 8.04. The third-order valence-electron chi connectivity index (χ3n) is 6.29. The van der Waals surface area contributed by atoms with Gasteiger partial charge in [0.1, 0.15) is 17.2 Å². The van der Waals surface area contributed by atoms with Gasteiger partial charge in [0.15, 0.2) is 5.65 Å². The minimum atomic E-state index is -2.79. The molecule has 1 saturated heterocycles. The van der Waals surface area contributed by atoms with E-state index in [1.165, 1.54) is 19.4 Å². The molecule has 10 heteroatoms. The van der Waals surface area contributed by atoms with Gasteiger partial charge in [-0.3, -0.25) is 9.62 Å². The fourth-order valence-corrected chi connectivity index (χ4v) is 6.32. The number of halogens is 1. The van der Waals surface area contributed by atoms with Crippen molar-refractivity contribution in [3.05, 3.63) is 48.0 Å². The van der Waals surface area contributed by atoms with E-state index in [1.54, 1.807) is 51.4 Å². The van der Waals surface area contributed by atoms with Crippen LogP contribution in [0.4, 0.5) is 15.8 Å². The number of rotatable bonds is 4. The minimum Gasteiger partial charge on any atom is -0.480 e. The van der Waals surface area contributed by atoms with Crippen LogP contribution in [0.1, 0.15) is 26.3 Å². The Hall–Kier alpha value is -3.14. The summed E-state index contributed by atoms with van der Waals surface area (Å²) in [5.41, 5.74) is 1.60. The van der Waals surface area contributed by atoms with Crippen LogP contribution < -0.4 is 15.4 Å². The zero-order valence-corrected chi connectivity index (χ0v) is 19.5. The average Bonchev–Trinajstić information content (AvgIpc) is 2.73. The lowest BCUT2D eigenvalue weighted by molar-refractivity contribution is 0.397. The van der Waals surface area contributed by atoms with E-state index in [9.17, 15) is 8.60 Å². The molecule has 3 N–H and O–H groups in total. The molecule has 3 aromatic rings. The van der Waals surface area contributed by atoms with Gasteiger partial charge < -0.3 is 15.4 Å². The van der Waals surface area contributed by atoms with Gasteiger partial charge in [-0.1, -0.05) is 9.93 Å². The second-order valence-electron chi connectivity index (χ2n) is 8.91. The maximum Gasteiger partial charge on any atom is 0.234 e. The summed E-state index contributed by atoms with van der Waals surface area (Å²) in [6.45, 7) is 5.37. The van der Waals surface area contributed by atoms with Gasteiger partial charge in [-0.05, 0) is 51.3 Å². The van der Waals surface area contributed by atoms with Gasteiger partial charge in [0.05, 0.1) is 29.3 Å². The SMILES string of the molecule is COc1cnc2c(Nc3ccc(F)c([C@]4(C)C[SH](C)(=O)C(C)(C)C(=N)N4)c3)ccnc2n1. The molecule has 1 fully saturated rings. The van der Waals surface area contributed by atoms with Crippen molar-refractivity contribution in [3.8, 4) is 5.88 Å². The quantitative estimate of drug-likeness (QED) is 0.444. The Morgan fingerprint density at radius 2 is 2.00 bits per heavy atom. The molecule has 0 spiro atoms. The number of nitrogens with one attached hydrogen (secondary N) is 3. The zero-order chi connectivity index (χ0) is 23.3. The summed E-state index contributed by atoms with van der Waals surface area (Å²) < 4.78 is 32.7. The topological polar surface area (TPSA) is 113 Å². The molecule has 0 bridgehead atoms. The molecule has 3 heterocycles. The lowest BCUT2D eigenvalue weighted by Gasteiger charge is -2.50. The van der Waals surface area contributed by atoms with E-state index in [2.05, 4.69) is 25.6 Å². The van der Waals surface area contributed by atoms with E-state index in [0.29, 0.717) is 34.0 Å². The summed E-state index contributed by atoms with van der Waals surface area (Å²) in [4.78, 5) is 12.9. The Kier molecular flexibility index (Phi) is 5.15. The van der Waals surface area contributed by atoms with E-state index < -0.39 is 26.0 Å². The van der Waals surface area contributed by atoms with Gasteiger partial charge in [0, 0.05) is 23.2 Å². The monoisotopic (exact) mass is 458 g/mol. The van der Waals surface area contributed by atoms with Crippen LogP contribution in [0.25, 0.3) is 11.2 Å². The molecule has 1 aromatic carbocycles. The molecule has 2 aromatic heterocycles. The van der Waals surface area contributed by atoms with Crippen LogP contribution in [0, 0.1) is 11.2 Å². The van der Waals surface area contributed by atoms with Crippen molar-refractivity contribution in [3.63, 3.8) is 0 Å². The van der Waals surface area contributed by atoms with E-state index in [1.807, 2.05) is 0 Å². The Morgan fingerprint density at radius 3 is 2.69 bits per heavy atom. The van der Waals surface area contributed by atoms with Gasteiger partial charge in [-0.25, -0.2) is 14.4 Å². The number of amidine groups is 1. The molecule has 8 nitrogen and oxygen atoms in total. The third-order valence-corrected chi connectivity index (χ3v) is 10.1. The molecule has 4 rings (SSSR count). The van der Waals surface area contributed by atoms with Gasteiger partial charge in [-0.2, -0.15) is 4.98 Å². The van der Waals surface area contributed by atoms with Crippen molar-refractivity contribution in [1.29, 1.82) is 5.41 Å². The van der Waals surface area contributed by atoms with Crippen molar-refractivity contribution in [2.24, 2.45) is 0 Å².